The standard InChI is InChI=1S/C14H20BrNO2/c1-11-10-12(6-7-13(11)15)14(18)16-8-4-2-3-5-9-17/h6-7,10,17H,2-5,8-9H2,1H3,(H,16,18). The highest BCUT2D eigenvalue weighted by Crippen LogP contribution is 2.16. The fraction of sp³-hybridized carbons (Fsp3) is 0.500. The molecule has 0 bridgehead atoms. The van der Waals surface area contributed by atoms with Crippen molar-refractivity contribution in [1.82, 2.24) is 5.32 Å². The van der Waals surface area contributed by atoms with Gasteiger partial charge in [0.1, 0.15) is 0 Å². The molecule has 0 aliphatic rings. The third kappa shape index (κ3) is 5.19. The Labute approximate surface area is 117 Å². The predicted octanol–water partition coefficient (Wildman–Crippen LogP) is 3.04. The molecule has 100 valence electrons. The van der Waals surface area contributed by atoms with E-state index in [1.54, 1.807) is 0 Å². The number of halogens is 1. The molecule has 0 radical (unpaired) electrons. The summed E-state index contributed by atoms with van der Waals surface area (Å²) in [6.07, 6.45) is 3.87. The van der Waals surface area contributed by atoms with Crippen molar-refractivity contribution in [1.29, 1.82) is 0 Å². The molecule has 0 unspecified atom stereocenters. The predicted molar refractivity (Wildman–Crippen MR) is 76.8 cm³/mol. The first-order valence-corrected chi connectivity index (χ1v) is 7.09. The van der Waals surface area contributed by atoms with Crippen molar-refractivity contribution in [3.05, 3.63) is 33.8 Å². The van der Waals surface area contributed by atoms with Crippen LogP contribution in [-0.2, 0) is 0 Å². The molecule has 0 aliphatic heterocycles. The van der Waals surface area contributed by atoms with Gasteiger partial charge in [0.25, 0.3) is 5.91 Å². The van der Waals surface area contributed by atoms with E-state index in [-0.39, 0.29) is 12.5 Å². The Hall–Kier alpha value is -0.870. The number of amides is 1. The number of aryl methyl sites for hydroxylation is 1. The highest BCUT2D eigenvalue weighted by Gasteiger charge is 2.05. The lowest BCUT2D eigenvalue weighted by Gasteiger charge is -2.06. The molecule has 0 atom stereocenters. The first-order valence-electron chi connectivity index (χ1n) is 6.30. The van der Waals surface area contributed by atoms with Gasteiger partial charge in [-0.3, -0.25) is 4.79 Å². The molecule has 0 saturated carbocycles. The lowest BCUT2D eigenvalue weighted by atomic mass is 10.1. The number of carbonyl (C=O) groups is 1. The van der Waals surface area contributed by atoms with E-state index in [1.165, 1.54) is 0 Å². The number of hydrogen-bond donors (Lipinski definition) is 2. The Bertz CT molecular complexity index is 393. The second-order valence-corrected chi connectivity index (χ2v) is 5.21. The smallest absolute Gasteiger partial charge is 0.251 e. The quantitative estimate of drug-likeness (QED) is 0.760. The van der Waals surface area contributed by atoms with Gasteiger partial charge in [0.05, 0.1) is 0 Å². The molecule has 0 saturated heterocycles. The molecule has 1 aromatic rings. The molecule has 0 fully saturated rings. The Balaban J connectivity index is 2.30. The van der Waals surface area contributed by atoms with E-state index in [2.05, 4.69) is 21.2 Å². The highest BCUT2D eigenvalue weighted by atomic mass is 79.9. The zero-order chi connectivity index (χ0) is 13.4. The normalized spacial score (nSPS) is 10.4. The fourth-order valence-corrected chi connectivity index (χ4v) is 1.93. The summed E-state index contributed by atoms with van der Waals surface area (Å²) in [5.74, 6) is -0.0206. The summed E-state index contributed by atoms with van der Waals surface area (Å²) in [5, 5.41) is 11.5. The largest absolute Gasteiger partial charge is 0.396 e. The van der Waals surface area contributed by atoms with Crippen LogP contribution in [0.15, 0.2) is 22.7 Å². The van der Waals surface area contributed by atoms with Gasteiger partial charge in [-0.2, -0.15) is 0 Å². The van der Waals surface area contributed by atoms with Gasteiger partial charge in [-0.1, -0.05) is 28.8 Å². The maximum atomic E-state index is 11.8. The Morgan fingerprint density at radius 2 is 2.00 bits per heavy atom. The van der Waals surface area contributed by atoms with Gasteiger partial charge in [-0.25, -0.2) is 0 Å². The molecule has 1 amide bonds. The van der Waals surface area contributed by atoms with E-state index in [0.717, 1.165) is 35.7 Å². The summed E-state index contributed by atoms with van der Waals surface area (Å²) >= 11 is 3.41. The van der Waals surface area contributed by atoms with Crippen molar-refractivity contribution in [2.75, 3.05) is 13.2 Å². The van der Waals surface area contributed by atoms with E-state index >= 15 is 0 Å². The SMILES string of the molecule is Cc1cc(C(=O)NCCCCCCO)ccc1Br. The van der Waals surface area contributed by atoms with Crippen molar-refractivity contribution < 1.29 is 9.90 Å². The maximum absolute atomic E-state index is 11.8. The van der Waals surface area contributed by atoms with Crippen LogP contribution in [0.4, 0.5) is 0 Å². The second kappa shape index (κ2) is 8.27. The average molecular weight is 314 g/mol. The number of hydrogen-bond acceptors (Lipinski definition) is 2. The van der Waals surface area contributed by atoms with Crippen LogP contribution in [0.1, 0.15) is 41.6 Å². The molecular formula is C14H20BrNO2. The van der Waals surface area contributed by atoms with Crippen LogP contribution in [0, 0.1) is 6.92 Å². The maximum Gasteiger partial charge on any atom is 0.251 e. The van der Waals surface area contributed by atoms with Crippen LogP contribution in [0.2, 0.25) is 0 Å². The third-order valence-corrected chi connectivity index (χ3v) is 3.68. The summed E-state index contributed by atoms with van der Waals surface area (Å²) in [5.41, 5.74) is 1.76. The molecule has 2 N–H and O–H groups in total. The first kappa shape index (κ1) is 15.2. The summed E-state index contributed by atoms with van der Waals surface area (Å²) < 4.78 is 1.02. The van der Waals surface area contributed by atoms with Gasteiger partial charge >= 0.3 is 0 Å². The van der Waals surface area contributed by atoms with Crippen LogP contribution in [-0.4, -0.2) is 24.2 Å². The minimum Gasteiger partial charge on any atom is -0.396 e. The van der Waals surface area contributed by atoms with Crippen LogP contribution in [0.25, 0.3) is 0 Å². The lowest BCUT2D eigenvalue weighted by molar-refractivity contribution is 0.0952. The lowest BCUT2D eigenvalue weighted by Crippen LogP contribution is -2.24. The van der Waals surface area contributed by atoms with Crippen molar-refractivity contribution >= 4 is 21.8 Å². The van der Waals surface area contributed by atoms with Gasteiger partial charge in [-0.05, 0) is 43.5 Å². The van der Waals surface area contributed by atoms with Crippen LogP contribution in [0.3, 0.4) is 0 Å². The van der Waals surface area contributed by atoms with E-state index in [1.807, 2.05) is 25.1 Å². The minimum absolute atomic E-state index is 0.0206. The number of rotatable bonds is 7. The number of carbonyl (C=O) groups excluding carboxylic acids is 1. The molecule has 1 aromatic carbocycles. The van der Waals surface area contributed by atoms with Crippen LogP contribution in [0.5, 0.6) is 0 Å². The minimum atomic E-state index is -0.0206. The van der Waals surface area contributed by atoms with Crippen molar-refractivity contribution in [2.24, 2.45) is 0 Å². The molecule has 18 heavy (non-hydrogen) atoms. The molecule has 3 nitrogen and oxygen atoms in total. The van der Waals surface area contributed by atoms with Crippen LogP contribution >= 0.6 is 15.9 Å². The summed E-state index contributed by atoms with van der Waals surface area (Å²) in [4.78, 5) is 11.8. The number of nitrogens with one attached hydrogen (secondary N) is 1. The van der Waals surface area contributed by atoms with E-state index < -0.39 is 0 Å². The topological polar surface area (TPSA) is 49.3 Å². The molecular weight excluding hydrogens is 294 g/mol. The van der Waals surface area contributed by atoms with Gasteiger partial charge in [-0.15, -0.1) is 0 Å². The van der Waals surface area contributed by atoms with Gasteiger partial charge in [0, 0.05) is 23.2 Å². The molecule has 4 heteroatoms. The zero-order valence-corrected chi connectivity index (χ0v) is 12.3. The Morgan fingerprint density at radius 1 is 1.28 bits per heavy atom. The summed E-state index contributed by atoms with van der Waals surface area (Å²) in [7, 11) is 0. The van der Waals surface area contributed by atoms with Crippen molar-refractivity contribution in [2.45, 2.75) is 32.6 Å². The first-order chi connectivity index (χ1) is 8.65. The zero-order valence-electron chi connectivity index (χ0n) is 10.7. The fourth-order valence-electron chi connectivity index (χ4n) is 1.68. The molecule has 0 aromatic heterocycles. The molecule has 0 spiro atoms. The summed E-state index contributed by atoms with van der Waals surface area (Å²) in [6.45, 7) is 2.92. The third-order valence-electron chi connectivity index (χ3n) is 2.79. The van der Waals surface area contributed by atoms with Crippen molar-refractivity contribution in [3.63, 3.8) is 0 Å². The van der Waals surface area contributed by atoms with E-state index in [9.17, 15) is 4.79 Å². The number of unbranched alkanes of at least 4 members (excludes halogenated alkanes) is 3. The Morgan fingerprint density at radius 3 is 2.67 bits per heavy atom. The van der Waals surface area contributed by atoms with Gasteiger partial charge < -0.3 is 10.4 Å². The average Bonchev–Trinajstić information content (AvgIpc) is 2.36. The Kier molecular flexibility index (Phi) is 6.98. The number of aliphatic hydroxyl groups is 1. The van der Waals surface area contributed by atoms with Crippen LogP contribution < -0.4 is 5.32 Å². The number of benzene rings is 1. The van der Waals surface area contributed by atoms with Gasteiger partial charge in [0.15, 0.2) is 0 Å². The van der Waals surface area contributed by atoms with Crippen molar-refractivity contribution in [3.8, 4) is 0 Å². The van der Waals surface area contributed by atoms with Gasteiger partial charge in [0.2, 0.25) is 0 Å². The molecule has 0 heterocycles. The molecule has 0 aliphatic carbocycles. The number of aliphatic hydroxyl groups excluding tert-OH is 1. The van der Waals surface area contributed by atoms with E-state index in [4.69, 9.17) is 5.11 Å². The summed E-state index contributed by atoms with van der Waals surface area (Å²) in [6, 6.07) is 5.59. The highest BCUT2D eigenvalue weighted by molar-refractivity contribution is 9.10. The monoisotopic (exact) mass is 313 g/mol. The second-order valence-electron chi connectivity index (χ2n) is 4.36. The molecule has 1 rings (SSSR count). The van der Waals surface area contributed by atoms with E-state index in [0.29, 0.717) is 12.1 Å².